The van der Waals surface area contributed by atoms with Crippen molar-refractivity contribution in [2.75, 3.05) is 25.0 Å². The number of aromatic nitrogens is 4. The molecular weight excluding hydrogens is 585 g/mol. The molecule has 4 N–H and O–H groups in total. The van der Waals surface area contributed by atoms with E-state index < -0.39 is 34.3 Å². The Morgan fingerprint density at radius 1 is 1.28 bits per heavy atom. The van der Waals surface area contributed by atoms with Crippen molar-refractivity contribution in [1.82, 2.24) is 28.9 Å². The summed E-state index contributed by atoms with van der Waals surface area (Å²) in [7, 11) is -6.10. The first kappa shape index (κ1) is 35.4. The molecule has 43 heavy (non-hydrogen) atoms. The van der Waals surface area contributed by atoms with Crippen LogP contribution in [0, 0.1) is 17.2 Å². The number of nitriles is 1. The Morgan fingerprint density at radius 3 is 2.44 bits per heavy atom. The van der Waals surface area contributed by atoms with Crippen LogP contribution in [0.4, 0.5) is 5.95 Å². The molecule has 4 atom stereocenters. The quantitative estimate of drug-likeness (QED) is 0.202. The number of fused-ring (bicyclic) bond motifs is 1. The summed E-state index contributed by atoms with van der Waals surface area (Å²) in [5, 5.41) is 12.7. The topological polar surface area (TPSA) is 167 Å². The van der Waals surface area contributed by atoms with Crippen molar-refractivity contribution in [3.8, 4) is 6.07 Å². The van der Waals surface area contributed by atoms with E-state index in [-0.39, 0.29) is 47.8 Å². The van der Waals surface area contributed by atoms with E-state index in [0.717, 1.165) is 0 Å². The third kappa shape index (κ3) is 7.58. The number of nitrogens with two attached hydrogens (primary N) is 1. The highest BCUT2D eigenvalue weighted by Gasteiger charge is 2.53. The number of H-pyrrole nitrogens is 1. The first-order valence-electron chi connectivity index (χ1n) is 15.1. The summed E-state index contributed by atoms with van der Waals surface area (Å²) >= 11 is 0. The van der Waals surface area contributed by atoms with Crippen LogP contribution in [0.3, 0.4) is 0 Å². The highest BCUT2D eigenvalue weighted by molar-refractivity contribution is 7.56. The predicted molar refractivity (Wildman–Crippen MR) is 173 cm³/mol. The van der Waals surface area contributed by atoms with Crippen molar-refractivity contribution in [3.05, 3.63) is 16.7 Å². The molecule has 3 rings (SSSR count). The van der Waals surface area contributed by atoms with Gasteiger partial charge in [0.2, 0.25) is 5.95 Å². The zero-order chi connectivity index (χ0) is 32.5. The van der Waals surface area contributed by atoms with E-state index in [4.69, 9.17) is 19.7 Å². The molecule has 242 valence electrons. The summed E-state index contributed by atoms with van der Waals surface area (Å²) < 4.78 is 33.5. The van der Waals surface area contributed by atoms with Gasteiger partial charge in [-0.3, -0.25) is 24.4 Å². The average molecular weight is 638 g/mol. The van der Waals surface area contributed by atoms with Crippen LogP contribution in [0.2, 0.25) is 18.1 Å². The molecule has 15 heteroatoms. The van der Waals surface area contributed by atoms with Crippen LogP contribution < -0.4 is 16.4 Å². The van der Waals surface area contributed by atoms with Crippen molar-refractivity contribution in [2.45, 2.75) is 117 Å². The van der Waals surface area contributed by atoms with Gasteiger partial charge in [-0.25, -0.2) is 14.3 Å². The molecule has 2 aromatic heterocycles. The summed E-state index contributed by atoms with van der Waals surface area (Å²) in [5.74, 6) is 0.659. The number of nitrogens with zero attached hydrogens (tertiary/aromatic N) is 6. The van der Waals surface area contributed by atoms with E-state index in [1.807, 2.05) is 32.4 Å². The first-order valence-corrected chi connectivity index (χ1v) is 19.7. The lowest BCUT2D eigenvalue weighted by molar-refractivity contribution is 0.0279. The van der Waals surface area contributed by atoms with Crippen LogP contribution in [-0.2, 0) is 13.7 Å². The van der Waals surface area contributed by atoms with Crippen LogP contribution >= 0.6 is 7.59 Å². The molecule has 0 aromatic carbocycles. The van der Waals surface area contributed by atoms with E-state index >= 15 is 0 Å². The van der Waals surface area contributed by atoms with Gasteiger partial charge < -0.3 is 14.5 Å². The zero-order valence-electron chi connectivity index (χ0n) is 27.7. The SMILES string of the molecule is CC(C)CNc1nc2c(ncn2C2OCC(O[Si](C)(C)C(C)(C)C)C2N(CCC#N)P(N)(=O)N(C(C)C)C(C)C)c(=O)[nH]1. The van der Waals surface area contributed by atoms with Crippen molar-refractivity contribution < 1.29 is 13.7 Å². The summed E-state index contributed by atoms with van der Waals surface area (Å²) in [6.45, 7) is 23.7. The molecule has 1 aliphatic rings. The number of rotatable bonds is 13. The van der Waals surface area contributed by atoms with Crippen LogP contribution in [0.25, 0.3) is 11.2 Å². The Labute approximate surface area is 257 Å². The van der Waals surface area contributed by atoms with Crippen LogP contribution in [0.15, 0.2) is 11.1 Å². The maximum absolute atomic E-state index is 14.8. The molecule has 0 saturated carbocycles. The zero-order valence-corrected chi connectivity index (χ0v) is 29.6. The second-order valence-electron chi connectivity index (χ2n) is 13.9. The maximum Gasteiger partial charge on any atom is 0.282 e. The third-order valence-electron chi connectivity index (χ3n) is 8.29. The molecule has 2 aromatic rings. The number of imidazole rings is 1. The Morgan fingerprint density at radius 2 is 1.91 bits per heavy atom. The highest BCUT2D eigenvalue weighted by atomic mass is 31.2. The second kappa shape index (κ2) is 13.5. The summed E-state index contributed by atoms with van der Waals surface area (Å²) in [5.41, 5.74) is 6.99. The maximum atomic E-state index is 14.8. The van der Waals surface area contributed by atoms with Crippen LogP contribution in [0.5, 0.6) is 0 Å². The van der Waals surface area contributed by atoms with E-state index in [0.29, 0.717) is 24.1 Å². The van der Waals surface area contributed by atoms with E-state index in [2.05, 4.69) is 69.1 Å². The minimum atomic E-state index is -3.75. The Bertz CT molecular complexity index is 1390. The Balaban J connectivity index is 2.23. The standard InChI is InChI=1S/C28H52N9O4PSi/c1-18(2)15-31-27-33-24-22(25(38)34-27)32-17-35(24)26-23(21(16-40-26)41-43(10,11)28(7,8)9)36(14-12-13-29)42(30,39)37(19(3)4)20(5)6/h17-21,23,26H,12,14-16H2,1-11H3,(H2,30,39)(H2,31,33,34,38). The van der Waals surface area contributed by atoms with Crippen molar-refractivity contribution >= 4 is 33.0 Å². The normalized spacial score (nSPS) is 21.4. The number of nitrogens with one attached hydrogen (secondary N) is 2. The molecule has 1 saturated heterocycles. The van der Waals surface area contributed by atoms with Gasteiger partial charge in [-0.15, -0.1) is 0 Å². The number of hydrogen-bond acceptors (Lipinski definition) is 8. The van der Waals surface area contributed by atoms with Gasteiger partial charge in [-0.2, -0.15) is 10.2 Å². The van der Waals surface area contributed by atoms with E-state index in [1.165, 1.54) is 6.33 Å². The summed E-state index contributed by atoms with van der Waals surface area (Å²) in [4.78, 5) is 24.8. The summed E-state index contributed by atoms with van der Waals surface area (Å²) in [6, 6.07) is 1.27. The van der Waals surface area contributed by atoms with Gasteiger partial charge in [-0.05, 0) is 51.7 Å². The van der Waals surface area contributed by atoms with Gasteiger partial charge in [0.25, 0.3) is 13.2 Å². The van der Waals surface area contributed by atoms with Gasteiger partial charge in [0.1, 0.15) is 0 Å². The molecule has 0 bridgehead atoms. The average Bonchev–Trinajstić information content (AvgIpc) is 3.45. The van der Waals surface area contributed by atoms with Gasteiger partial charge in [0, 0.05) is 31.6 Å². The first-order chi connectivity index (χ1) is 19.8. The van der Waals surface area contributed by atoms with E-state index in [1.54, 1.807) is 9.24 Å². The molecule has 0 radical (unpaired) electrons. The van der Waals surface area contributed by atoms with Gasteiger partial charge >= 0.3 is 0 Å². The summed E-state index contributed by atoms with van der Waals surface area (Å²) in [6.07, 6.45) is 0.329. The molecule has 0 amide bonds. The highest BCUT2D eigenvalue weighted by Crippen LogP contribution is 2.53. The number of aromatic amines is 1. The smallest absolute Gasteiger partial charge is 0.282 e. The van der Waals surface area contributed by atoms with Crippen LogP contribution in [-0.4, -0.2) is 81.1 Å². The van der Waals surface area contributed by atoms with E-state index in [9.17, 15) is 14.6 Å². The van der Waals surface area contributed by atoms with Gasteiger partial charge in [0.05, 0.1) is 31.1 Å². The van der Waals surface area contributed by atoms with Crippen molar-refractivity contribution in [1.29, 1.82) is 5.26 Å². The number of hydrogen-bond donors (Lipinski definition) is 3. The van der Waals surface area contributed by atoms with Gasteiger partial charge in [0.15, 0.2) is 25.7 Å². The van der Waals surface area contributed by atoms with Gasteiger partial charge in [-0.1, -0.05) is 34.6 Å². The fraction of sp³-hybridized carbons (Fsp3) is 0.786. The molecule has 3 heterocycles. The molecule has 0 spiro atoms. The third-order valence-corrected chi connectivity index (χ3v) is 15.6. The minimum Gasteiger partial charge on any atom is -0.410 e. The molecule has 4 unspecified atom stereocenters. The fourth-order valence-electron chi connectivity index (χ4n) is 5.35. The van der Waals surface area contributed by atoms with Crippen molar-refractivity contribution in [3.63, 3.8) is 0 Å². The lowest BCUT2D eigenvalue weighted by Gasteiger charge is -2.46. The monoisotopic (exact) mass is 637 g/mol. The molecule has 0 aliphatic carbocycles. The minimum absolute atomic E-state index is 0.102. The number of anilines is 1. The van der Waals surface area contributed by atoms with Crippen LogP contribution in [0.1, 0.15) is 75.0 Å². The number of ether oxygens (including phenoxy) is 1. The Kier molecular flexibility index (Phi) is 11.1. The lowest BCUT2D eigenvalue weighted by Crippen LogP contribution is -2.54. The lowest BCUT2D eigenvalue weighted by atomic mass is 10.1. The fourth-order valence-corrected chi connectivity index (χ4v) is 9.29. The molecular formula is C28H52N9O4PSi. The predicted octanol–water partition coefficient (Wildman–Crippen LogP) is 4.88. The molecule has 1 fully saturated rings. The second-order valence-corrected chi connectivity index (χ2v) is 20.8. The largest absolute Gasteiger partial charge is 0.410 e. The van der Waals surface area contributed by atoms with Crippen molar-refractivity contribution in [2.24, 2.45) is 11.4 Å². The Hall–Kier alpha value is -2.11. The molecule has 1 aliphatic heterocycles. The molecule has 13 nitrogen and oxygen atoms in total.